The summed E-state index contributed by atoms with van der Waals surface area (Å²) in [4.78, 5) is 12.5. The van der Waals surface area contributed by atoms with Gasteiger partial charge in [-0.1, -0.05) is 39.7 Å². The maximum Gasteiger partial charge on any atom is 0.195 e. The highest BCUT2D eigenvalue weighted by Crippen LogP contribution is 2.22. The number of benzene rings is 2. The second kappa shape index (κ2) is 5.36. The van der Waals surface area contributed by atoms with Gasteiger partial charge < -0.3 is 5.32 Å². The van der Waals surface area contributed by atoms with E-state index in [0.29, 0.717) is 11.1 Å². The third-order valence-electron chi connectivity index (χ3n) is 2.78. The Balaban J connectivity index is 2.48. The van der Waals surface area contributed by atoms with E-state index in [0.717, 1.165) is 15.7 Å². The van der Waals surface area contributed by atoms with Crippen LogP contribution in [0.1, 0.15) is 21.5 Å². The molecule has 0 aliphatic rings. The zero-order valence-corrected chi connectivity index (χ0v) is 11.9. The number of nitrogens with one attached hydrogen (secondary N) is 1. The molecule has 0 bridgehead atoms. The summed E-state index contributed by atoms with van der Waals surface area (Å²) >= 11 is 3.39. The number of rotatable bonds is 3. The number of halogens is 1. The van der Waals surface area contributed by atoms with Gasteiger partial charge in [-0.2, -0.15) is 0 Å². The minimum atomic E-state index is 0.0318. The molecule has 0 saturated heterocycles. The Bertz CT molecular complexity index is 593. The molecule has 0 unspecified atom stereocenters. The predicted octanol–water partition coefficient (Wildman–Crippen LogP) is 4.03. The summed E-state index contributed by atoms with van der Waals surface area (Å²) in [6, 6.07) is 13.3. The van der Waals surface area contributed by atoms with Gasteiger partial charge in [-0.3, -0.25) is 4.79 Å². The van der Waals surface area contributed by atoms with E-state index in [9.17, 15) is 4.79 Å². The molecule has 0 heterocycles. The summed E-state index contributed by atoms with van der Waals surface area (Å²) in [5.74, 6) is 0.0318. The average Bonchev–Trinajstić information content (AvgIpc) is 2.38. The van der Waals surface area contributed by atoms with Crippen molar-refractivity contribution in [1.29, 1.82) is 0 Å². The highest BCUT2D eigenvalue weighted by Gasteiger charge is 2.13. The Morgan fingerprint density at radius 1 is 1.17 bits per heavy atom. The van der Waals surface area contributed by atoms with Crippen LogP contribution in [0.4, 0.5) is 5.69 Å². The molecule has 2 aromatic rings. The van der Waals surface area contributed by atoms with Gasteiger partial charge in [-0.15, -0.1) is 0 Å². The quantitative estimate of drug-likeness (QED) is 0.867. The molecule has 2 nitrogen and oxygen atoms in total. The van der Waals surface area contributed by atoms with Gasteiger partial charge in [0.05, 0.1) is 0 Å². The van der Waals surface area contributed by atoms with Gasteiger partial charge in [0.25, 0.3) is 0 Å². The summed E-state index contributed by atoms with van der Waals surface area (Å²) in [5, 5.41) is 3.06. The Labute approximate surface area is 115 Å². The second-order valence-electron chi connectivity index (χ2n) is 4.14. The topological polar surface area (TPSA) is 29.1 Å². The lowest BCUT2D eigenvalue weighted by Crippen LogP contribution is -2.06. The normalized spacial score (nSPS) is 10.2. The molecule has 0 aliphatic heterocycles. The zero-order chi connectivity index (χ0) is 13.1. The maximum absolute atomic E-state index is 12.5. The number of carbonyl (C=O) groups is 1. The lowest BCUT2D eigenvalue weighted by atomic mass is 10.00. The van der Waals surface area contributed by atoms with E-state index in [-0.39, 0.29) is 5.78 Å². The maximum atomic E-state index is 12.5. The van der Waals surface area contributed by atoms with Crippen molar-refractivity contribution in [2.75, 3.05) is 12.4 Å². The van der Waals surface area contributed by atoms with Crippen LogP contribution in [0.3, 0.4) is 0 Å². The van der Waals surface area contributed by atoms with Crippen molar-refractivity contribution in [3.8, 4) is 0 Å². The van der Waals surface area contributed by atoms with Crippen molar-refractivity contribution in [2.45, 2.75) is 6.92 Å². The van der Waals surface area contributed by atoms with Crippen molar-refractivity contribution in [3.05, 3.63) is 63.6 Å². The van der Waals surface area contributed by atoms with E-state index < -0.39 is 0 Å². The van der Waals surface area contributed by atoms with E-state index >= 15 is 0 Å². The molecule has 3 heteroatoms. The largest absolute Gasteiger partial charge is 0.388 e. The first-order valence-corrected chi connectivity index (χ1v) is 6.50. The van der Waals surface area contributed by atoms with Crippen LogP contribution in [-0.4, -0.2) is 12.8 Å². The van der Waals surface area contributed by atoms with Crippen molar-refractivity contribution < 1.29 is 4.79 Å². The summed E-state index contributed by atoms with van der Waals surface area (Å²) in [5.41, 5.74) is 3.32. The summed E-state index contributed by atoms with van der Waals surface area (Å²) in [6.45, 7) is 1.98. The molecule has 2 aromatic carbocycles. The SMILES string of the molecule is CNc1ccc(C)cc1C(=O)c1cccc(Br)c1. The molecule has 2 rings (SSSR count). The van der Waals surface area contributed by atoms with Gasteiger partial charge in [0.1, 0.15) is 0 Å². The third-order valence-corrected chi connectivity index (χ3v) is 3.27. The van der Waals surface area contributed by atoms with E-state index in [4.69, 9.17) is 0 Å². The van der Waals surface area contributed by atoms with Crippen LogP contribution in [0.2, 0.25) is 0 Å². The van der Waals surface area contributed by atoms with E-state index in [1.165, 1.54) is 0 Å². The van der Waals surface area contributed by atoms with Gasteiger partial charge in [0.2, 0.25) is 0 Å². The molecule has 18 heavy (non-hydrogen) atoms. The Morgan fingerprint density at radius 2 is 1.94 bits per heavy atom. The van der Waals surface area contributed by atoms with Crippen molar-refractivity contribution in [2.24, 2.45) is 0 Å². The first-order chi connectivity index (χ1) is 8.61. The fourth-order valence-corrected chi connectivity index (χ4v) is 2.25. The molecular weight excluding hydrogens is 290 g/mol. The van der Waals surface area contributed by atoms with E-state index in [1.54, 1.807) is 0 Å². The molecule has 0 atom stereocenters. The number of aryl methyl sites for hydroxylation is 1. The van der Waals surface area contributed by atoms with Crippen molar-refractivity contribution in [1.82, 2.24) is 0 Å². The van der Waals surface area contributed by atoms with E-state index in [2.05, 4.69) is 21.2 Å². The summed E-state index contributed by atoms with van der Waals surface area (Å²) < 4.78 is 0.909. The van der Waals surface area contributed by atoms with Crippen LogP contribution in [-0.2, 0) is 0 Å². The molecule has 0 radical (unpaired) electrons. The third kappa shape index (κ3) is 2.62. The molecule has 1 N–H and O–H groups in total. The lowest BCUT2D eigenvalue weighted by molar-refractivity contribution is 0.103. The number of ketones is 1. The number of carbonyl (C=O) groups excluding carboxylic acids is 1. The number of hydrogen-bond donors (Lipinski definition) is 1. The highest BCUT2D eigenvalue weighted by molar-refractivity contribution is 9.10. The lowest BCUT2D eigenvalue weighted by Gasteiger charge is -2.09. The van der Waals surface area contributed by atoms with Crippen LogP contribution in [0, 0.1) is 6.92 Å². The smallest absolute Gasteiger partial charge is 0.195 e. The Kier molecular flexibility index (Phi) is 3.82. The van der Waals surface area contributed by atoms with Crippen molar-refractivity contribution >= 4 is 27.4 Å². The Hall–Kier alpha value is -1.61. The molecule has 0 fully saturated rings. The standard InChI is InChI=1S/C15H14BrNO/c1-10-6-7-14(17-2)13(8-10)15(18)11-4-3-5-12(16)9-11/h3-9,17H,1-2H3. The zero-order valence-electron chi connectivity index (χ0n) is 10.3. The molecule has 0 aromatic heterocycles. The van der Waals surface area contributed by atoms with Crippen LogP contribution in [0.5, 0.6) is 0 Å². The minimum Gasteiger partial charge on any atom is -0.388 e. The van der Waals surface area contributed by atoms with Crippen LogP contribution < -0.4 is 5.32 Å². The highest BCUT2D eigenvalue weighted by atomic mass is 79.9. The van der Waals surface area contributed by atoms with Gasteiger partial charge in [0.15, 0.2) is 5.78 Å². The van der Waals surface area contributed by atoms with Crippen LogP contribution in [0.15, 0.2) is 46.9 Å². The predicted molar refractivity (Wildman–Crippen MR) is 78.3 cm³/mol. The number of anilines is 1. The first kappa shape index (κ1) is 12.8. The number of hydrogen-bond acceptors (Lipinski definition) is 2. The fourth-order valence-electron chi connectivity index (χ4n) is 1.85. The second-order valence-corrected chi connectivity index (χ2v) is 5.05. The van der Waals surface area contributed by atoms with Gasteiger partial charge >= 0.3 is 0 Å². The van der Waals surface area contributed by atoms with Crippen LogP contribution >= 0.6 is 15.9 Å². The van der Waals surface area contributed by atoms with Gasteiger partial charge in [-0.05, 0) is 31.2 Å². The van der Waals surface area contributed by atoms with Crippen molar-refractivity contribution in [3.63, 3.8) is 0 Å². The molecular formula is C15H14BrNO. The van der Waals surface area contributed by atoms with Gasteiger partial charge in [0, 0.05) is 28.3 Å². The van der Waals surface area contributed by atoms with Gasteiger partial charge in [-0.25, -0.2) is 0 Å². The molecule has 92 valence electrons. The van der Waals surface area contributed by atoms with Crippen LogP contribution in [0.25, 0.3) is 0 Å². The Morgan fingerprint density at radius 3 is 2.61 bits per heavy atom. The average molecular weight is 304 g/mol. The summed E-state index contributed by atoms with van der Waals surface area (Å²) in [6.07, 6.45) is 0. The van der Waals surface area contributed by atoms with E-state index in [1.807, 2.05) is 56.4 Å². The molecule has 0 aliphatic carbocycles. The minimum absolute atomic E-state index is 0.0318. The molecule has 0 saturated carbocycles. The fraction of sp³-hybridized carbons (Fsp3) is 0.133. The monoisotopic (exact) mass is 303 g/mol. The first-order valence-electron chi connectivity index (χ1n) is 5.70. The summed E-state index contributed by atoms with van der Waals surface area (Å²) in [7, 11) is 1.82. The molecule has 0 amide bonds. The molecule has 0 spiro atoms.